The molecule has 1 aromatic carbocycles. The molecule has 1 saturated carbocycles. The summed E-state index contributed by atoms with van der Waals surface area (Å²) in [5.41, 5.74) is 0.735. The molecule has 1 atom stereocenters. The summed E-state index contributed by atoms with van der Waals surface area (Å²) < 4.78 is 25.6. The number of benzene rings is 1. The third-order valence-electron chi connectivity index (χ3n) is 5.56. The van der Waals surface area contributed by atoms with Gasteiger partial charge in [0.15, 0.2) is 15.7 Å². The van der Waals surface area contributed by atoms with Gasteiger partial charge in [0, 0.05) is 25.1 Å². The van der Waals surface area contributed by atoms with Gasteiger partial charge in [-0.15, -0.1) is 0 Å². The first-order valence-corrected chi connectivity index (χ1v) is 12.7. The first kappa shape index (κ1) is 22.8. The maximum atomic E-state index is 13.2. The van der Waals surface area contributed by atoms with E-state index < -0.39 is 15.8 Å². The van der Waals surface area contributed by atoms with Gasteiger partial charge in [-0.1, -0.05) is 57.2 Å². The lowest BCUT2D eigenvalue weighted by Gasteiger charge is -2.21. The smallest absolute Gasteiger partial charge is 0.233 e. The number of carbonyl (C=O) groups excluding carboxylic acids is 1. The molecule has 0 spiro atoms. The second kappa shape index (κ2) is 9.52. The van der Waals surface area contributed by atoms with Gasteiger partial charge in [-0.25, -0.2) is 8.42 Å². The van der Waals surface area contributed by atoms with E-state index in [2.05, 4.69) is 24.3 Å². The van der Waals surface area contributed by atoms with Crippen LogP contribution in [0.1, 0.15) is 57.4 Å². The Morgan fingerprint density at radius 3 is 2.57 bits per heavy atom. The van der Waals surface area contributed by atoms with Crippen molar-refractivity contribution in [2.75, 3.05) is 11.6 Å². The number of anilines is 1. The average Bonchev–Trinajstić information content (AvgIpc) is 3.30. The summed E-state index contributed by atoms with van der Waals surface area (Å²) in [4.78, 5) is 13.3. The summed E-state index contributed by atoms with van der Waals surface area (Å²) in [5, 5.41) is 7.53. The van der Waals surface area contributed by atoms with Gasteiger partial charge in [0.25, 0.3) is 0 Å². The van der Waals surface area contributed by atoms with Crippen LogP contribution in [0.3, 0.4) is 0 Å². The van der Waals surface area contributed by atoms with Gasteiger partial charge in [-0.3, -0.25) is 9.48 Å². The maximum absolute atomic E-state index is 13.2. The topological polar surface area (TPSA) is 81.1 Å². The molecule has 0 radical (unpaired) electrons. The van der Waals surface area contributed by atoms with Crippen molar-refractivity contribution in [1.82, 2.24) is 9.78 Å². The molecule has 1 aromatic heterocycles. The van der Waals surface area contributed by atoms with Gasteiger partial charge in [-0.05, 0) is 36.0 Å². The van der Waals surface area contributed by atoms with E-state index in [1.807, 2.05) is 10.9 Å². The minimum atomic E-state index is -3.42. The first-order valence-electron chi connectivity index (χ1n) is 10.5. The Labute approximate surface area is 183 Å². The van der Waals surface area contributed by atoms with Crippen molar-refractivity contribution in [2.24, 2.45) is 11.8 Å². The molecule has 30 heavy (non-hydrogen) atoms. The fourth-order valence-corrected chi connectivity index (χ4v) is 5.46. The highest BCUT2D eigenvalue weighted by atomic mass is 35.5. The molecular weight excluding hydrogens is 422 g/mol. The monoisotopic (exact) mass is 451 g/mol. The Morgan fingerprint density at radius 2 is 1.97 bits per heavy atom. The van der Waals surface area contributed by atoms with E-state index in [1.54, 1.807) is 18.2 Å². The quantitative estimate of drug-likeness (QED) is 0.618. The minimum Gasteiger partial charge on any atom is -0.309 e. The highest BCUT2D eigenvalue weighted by Crippen LogP contribution is 2.36. The van der Waals surface area contributed by atoms with Gasteiger partial charge in [0.05, 0.1) is 15.8 Å². The fraction of sp³-hybridized carbons (Fsp3) is 0.545. The van der Waals surface area contributed by atoms with Crippen LogP contribution >= 0.6 is 11.6 Å². The zero-order chi connectivity index (χ0) is 21.9. The molecule has 1 aliphatic rings. The molecule has 6 nitrogen and oxygen atoms in total. The number of sulfone groups is 1. The van der Waals surface area contributed by atoms with Crippen LogP contribution in [0.2, 0.25) is 5.02 Å². The van der Waals surface area contributed by atoms with Crippen LogP contribution in [0.25, 0.3) is 0 Å². The summed E-state index contributed by atoms with van der Waals surface area (Å²) in [6, 6.07) is 6.62. The molecule has 1 aliphatic carbocycles. The van der Waals surface area contributed by atoms with Gasteiger partial charge in [0.1, 0.15) is 0 Å². The molecule has 0 saturated heterocycles. The molecule has 1 amide bonds. The first-order chi connectivity index (χ1) is 14.1. The van der Waals surface area contributed by atoms with Crippen LogP contribution < -0.4 is 5.32 Å². The predicted molar refractivity (Wildman–Crippen MR) is 120 cm³/mol. The van der Waals surface area contributed by atoms with Crippen molar-refractivity contribution in [3.05, 3.63) is 41.0 Å². The molecular formula is C22H30ClN3O3S. The maximum Gasteiger partial charge on any atom is 0.233 e. The second-order valence-corrected chi connectivity index (χ2v) is 11.1. The van der Waals surface area contributed by atoms with Crippen molar-refractivity contribution in [3.63, 3.8) is 0 Å². The molecule has 2 aromatic rings. The average molecular weight is 452 g/mol. The summed E-state index contributed by atoms with van der Waals surface area (Å²) in [5.74, 6) is 0.914. The van der Waals surface area contributed by atoms with Crippen LogP contribution in [-0.2, 0) is 21.2 Å². The number of amides is 1. The van der Waals surface area contributed by atoms with Crippen LogP contribution in [0, 0.1) is 11.8 Å². The van der Waals surface area contributed by atoms with Gasteiger partial charge >= 0.3 is 0 Å². The summed E-state index contributed by atoms with van der Waals surface area (Å²) in [6.07, 6.45) is 8.30. The van der Waals surface area contributed by atoms with E-state index in [-0.39, 0.29) is 15.8 Å². The van der Waals surface area contributed by atoms with E-state index >= 15 is 0 Å². The lowest BCUT2D eigenvalue weighted by molar-refractivity contribution is -0.118. The number of hydrogen-bond donors (Lipinski definition) is 1. The third-order valence-corrected chi connectivity index (χ3v) is 7.14. The van der Waals surface area contributed by atoms with Crippen molar-refractivity contribution < 1.29 is 13.2 Å². The Morgan fingerprint density at radius 1 is 1.27 bits per heavy atom. The number of nitrogens with zero attached hydrogens (tertiary/aromatic N) is 2. The number of hydrogen-bond acceptors (Lipinski definition) is 4. The normalized spacial score (nSPS) is 16.2. The zero-order valence-electron chi connectivity index (χ0n) is 17.8. The number of rotatable bonds is 8. The number of carbonyl (C=O) groups is 1. The van der Waals surface area contributed by atoms with Crippen LogP contribution in [-0.4, -0.2) is 30.4 Å². The van der Waals surface area contributed by atoms with Crippen molar-refractivity contribution in [1.29, 1.82) is 0 Å². The molecule has 1 unspecified atom stereocenters. The zero-order valence-corrected chi connectivity index (χ0v) is 19.3. The molecule has 8 heteroatoms. The highest BCUT2D eigenvalue weighted by Gasteiger charge is 2.28. The molecule has 1 N–H and O–H groups in total. The highest BCUT2D eigenvalue weighted by molar-refractivity contribution is 7.90. The Kier molecular flexibility index (Phi) is 7.24. The molecule has 1 heterocycles. The number of halogens is 1. The van der Waals surface area contributed by atoms with Crippen molar-refractivity contribution >= 4 is 33.2 Å². The van der Waals surface area contributed by atoms with Crippen LogP contribution in [0.4, 0.5) is 5.82 Å². The SMILES string of the molecule is CC(C)Cn1ccc(NC(=O)C(CC2CCCC2)c2ccc(S(C)(=O)=O)c(Cl)c2)n1. The molecule has 1 fully saturated rings. The third kappa shape index (κ3) is 5.85. The van der Waals surface area contributed by atoms with Crippen molar-refractivity contribution in [2.45, 2.75) is 63.3 Å². The van der Waals surface area contributed by atoms with Crippen LogP contribution in [0.15, 0.2) is 35.4 Å². The van der Waals surface area contributed by atoms with E-state index in [1.165, 1.54) is 18.9 Å². The van der Waals surface area contributed by atoms with Crippen molar-refractivity contribution in [3.8, 4) is 0 Å². The minimum absolute atomic E-state index is 0.0837. The fourth-order valence-electron chi connectivity index (χ4n) is 4.13. The largest absolute Gasteiger partial charge is 0.309 e. The van der Waals surface area contributed by atoms with Gasteiger partial charge in [-0.2, -0.15) is 5.10 Å². The summed E-state index contributed by atoms with van der Waals surface area (Å²) in [6.45, 7) is 5.01. The Balaban J connectivity index is 1.84. The second-order valence-electron chi connectivity index (χ2n) is 8.71. The number of aromatic nitrogens is 2. The Hall–Kier alpha value is -1.86. The predicted octanol–water partition coefficient (Wildman–Crippen LogP) is 4.90. The lowest BCUT2D eigenvalue weighted by atomic mass is 9.87. The molecule has 3 rings (SSSR count). The Bertz CT molecular complexity index is 995. The van der Waals surface area contributed by atoms with E-state index in [9.17, 15) is 13.2 Å². The van der Waals surface area contributed by atoms with Gasteiger partial charge in [0.2, 0.25) is 5.91 Å². The van der Waals surface area contributed by atoms with Crippen LogP contribution in [0.5, 0.6) is 0 Å². The van der Waals surface area contributed by atoms with Gasteiger partial charge < -0.3 is 5.32 Å². The van der Waals surface area contributed by atoms with E-state index in [0.29, 0.717) is 24.1 Å². The molecule has 164 valence electrons. The lowest BCUT2D eigenvalue weighted by Crippen LogP contribution is -2.23. The summed E-state index contributed by atoms with van der Waals surface area (Å²) in [7, 11) is -3.42. The summed E-state index contributed by atoms with van der Waals surface area (Å²) >= 11 is 6.26. The number of nitrogens with one attached hydrogen (secondary N) is 1. The standard InChI is InChI=1S/C22H30ClN3O3S/c1-15(2)14-26-11-10-21(25-26)24-22(27)18(12-16-6-4-5-7-16)17-8-9-20(19(23)13-17)30(3,28)29/h8-11,13,15-16,18H,4-7,12,14H2,1-3H3,(H,24,25,27). The van der Waals surface area contributed by atoms with E-state index in [0.717, 1.165) is 31.2 Å². The molecule has 0 bridgehead atoms. The van der Waals surface area contributed by atoms with E-state index in [4.69, 9.17) is 11.6 Å². The molecule has 0 aliphatic heterocycles.